The van der Waals surface area contributed by atoms with Crippen LogP contribution >= 0.6 is 24.0 Å². The van der Waals surface area contributed by atoms with E-state index in [9.17, 15) is 4.39 Å². The van der Waals surface area contributed by atoms with Gasteiger partial charge < -0.3 is 20.5 Å². The monoisotopic (exact) mass is 445 g/mol. The SMILES string of the molecule is COc1ccc(NC(N)=NCCc2ccc(F)cc2)cc1OC.I. The van der Waals surface area contributed by atoms with Gasteiger partial charge in [-0.2, -0.15) is 0 Å². The molecule has 0 amide bonds. The first kappa shape index (κ1) is 20.0. The van der Waals surface area contributed by atoms with E-state index in [1.807, 2.05) is 6.07 Å². The number of hydrogen-bond acceptors (Lipinski definition) is 3. The highest BCUT2D eigenvalue weighted by Gasteiger charge is 2.05. The first-order valence-corrected chi connectivity index (χ1v) is 7.16. The van der Waals surface area contributed by atoms with Crippen molar-refractivity contribution in [2.24, 2.45) is 10.7 Å². The number of aliphatic imine (C=N–C) groups is 1. The minimum Gasteiger partial charge on any atom is -0.493 e. The molecule has 7 heteroatoms. The molecular formula is C17H21FIN3O2. The Kier molecular flexibility index (Phi) is 8.31. The van der Waals surface area contributed by atoms with Crippen LogP contribution in [-0.4, -0.2) is 26.7 Å². The van der Waals surface area contributed by atoms with Crippen LogP contribution in [0.3, 0.4) is 0 Å². The zero-order valence-electron chi connectivity index (χ0n) is 13.6. The molecule has 0 aliphatic rings. The van der Waals surface area contributed by atoms with Gasteiger partial charge >= 0.3 is 0 Å². The molecule has 0 aliphatic heterocycles. The van der Waals surface area contributed by atoms with Crippen LogP contribution in [0, 0.1) is 5.82 Å². The Hall–Kier alpha value is -2.03. The van der Waals surface area contributed by atoms with Crippen LogP contribution in [0.1, 0.15) is 5.56 Å². The van der Waals surface area contributed by atoms with Crippen molar-refractivity contribution in [3.05, 3.63) is 53.8 Å². The summed E-state index contributed by atoms with van der Waals surface area (Å²) in [6.45, 7) is 0.512. The van der Waals surface area contributed by atoms with Gasteiger partial charge in [0.25, 0.3) is 0 Å². The number of anilines is 1. The van der Waals surface area contributed by atoms with Crippen molar-refractivity contribution in [3.8, 4) is 11.5 Å². The van der Waals surface area contributed by atoms with Crippen molar-refractivity contribution in [2.45, 2.75) is 6.42 Å². The van der Waals surface area contributed by atoms with E-state index in [1.54, 1.807) is 38.5 Å². The Morgan fingerprint density at radius 2 is 1.75 bits per heavy atom. The molecule has 0 saturated carbocycles. The fraction of sp³-hybridized carbons (Fsp3) is 0.235. The van der Waals surface area contributed by atoms with Crippen molar-refractivity contribution >= 4 is 35.6 Å². The highest BCUT2D eigenvalue weighted by atomic mass is 127. The number of nitrogens with zero attached hydrogens (tertiary/aromatic N) is 1. The molecule has 0 fully saturated rings. The maximum absolute atomic E-state index is 12.8. The summed E-state index contributed by atoms with van der Waals surface area (Å²) in [5.41, 5.74) is 7.63. The number of halogens is 2. The van der Waals surface area contributed by atoms with Gasteiger partial charge in [-0.3, -0.25) is 4.99 Å². The molecule has 130 valence electrons. The lowest BCUT2D eigenvalue weighted by molar-refractivity contribution is 0.355. The molecule has 0 atom stereocenters. The Balaban J connectivity index is 0.00000288. The van der Waals surface area contributed by atoms with Crippen LogP contribution in [0.15, 0.2) is 47.5 Å². The second-order valence-electron chi connectivity index (χ2n) is 4.84. The van der Waals surface area contributed by atoms with Gasteiger partial charge in [0.1, 0.15) is 5.82 Å². The lowest BCUT2D eigenvalue weighted by Crippen LogP contribution is -2.23. The number of benzene rings is 2. The molecule has 2 aromatic rings. The van der Waals surface area contributed by atoms with Gasteiger partial charge in [-0.15, -0.1) is 24.0 Å². The van der Waals surface area contributed by atoms with Crippen LogP contribution in [-0.2, 0) is 6.42 Å². The summed E-state index contributed by atoms with van der Waals surface area (Å²) in [6, 6.07) is 11.7. The average molecular weight is 445 g/mol. The molecule has 0 radical (unpaired) electrons. The largest absolute Gasteiger partial charge is 0.493 e. The third kappa shape index (κ3) is 5.88. The molecule has 5 nitrogen and oxygen atoms in total. The summed E-state index contributed by atoms with van der Waals surface area (Å²) in [5, 5.41) is 3.00. The first-order valence-electron chi connectivity index (χ1n) is 7.16. The minimum atomic E-state index is -0.244. The standard InChI is InChI=1S/C17H20FN3O2.HI/c1-22-15-8-7-14(11-16(15)23-2)21-17(19)20-10-9-12-3-5-13(18)6-4-12;/h3-8,11H,9-10H2,1-2H3,(H3,19,20,21);1H. The second-order valence-corrected chi connectivity index (χ2v) is 4.84. The van der Waals surface area contributed by atoms with Gasteiger partial charge in [-0.1, -0.05) is 12.1 Å². The van der Waals surface area contributed by atoms with E-state index in [4.69, 9.17) is 15.2 Å². The predicted octanol–water partition coefficient (Wildman–Crippen LogP) is 3.43. The van der Waals surface area contributed by atoms with Gasteiger partial charge in [0.15, 0.2) is 17.5 Å². The zero-order chi connectivity index (χ0) is 16.7. The number of hydrogen-bond donors (Lipinski definition) is 2. The third-order valence-electron chi connectivity index (χ3n) is 3.25. The van der Waals surface area contributed by atoms with Crippen molar-refractivity contribution in [2.75, 3.05) is 26.1 Å². The summed E-state index contributed by atoms with van der Waals surface area (Å²) in [6.07, 6.45) is 0.689. The van der Waals surface area contributed by atoms with Crippen molar-refractivity contribution in [1.29, 1.82) is 0 Å². The average Bonchev–Trinajstić information content (AvgIpc) is 2.56. The maximum Gasteiger partial charge on any atom is 0.193 e. The molecule has 0 unspecified atom stereocenters. The lowest BCUT2D eigenvalue weighted by atomic mass is 10.1. The predicted molar refractivity (Wildman–Crippen MR) is 105 cm³/mol. The molecule has 0 aromatic heterocycles. The fourth-order valence-corrected chi connectivity index (χ4v) is 2.06. The summed E-state index contributed by atoms with van der Waals surface area (Å²) in [7, 11) is 3.15. The molecule has 24 heavy (non-hydrogen) atoms. The van der Waals surface area contributed by atoms with Crippen molar-refractivity contribution < 1.29 is 13.9 Å². The minimum absolute atomic E-state index is 0. The Morgan fingerprint density at radius 1 is 1.08 bits per heavy atom. The van der Waals surface area contributed by atoms with Crippen molar-refractivity contribution in [1.82, 2.24) is 0 Å². The first-order chi connectivity index (χ1) is 11.1. The van der Waals surface area contributed by atoms with Crippen LogP contribution in [0.4, 0.5) is 10.1 Å². The van der Waals surface area contributed by atoms with E-state index in [0.29, 0.717) is 30.4 Å². The summed E-state index contributed by atoms with van der Waals surface area (Å²) < 4.78 is 23.2. The number of rotatable bonds is 6. The van der Waals surface area contributed by atoms with Crippen LogP contribution in [0.25, 0.3) is 0 Å². The van der Waals surface area contributed by atoms with Gasteiger partial charge in [-0.05, 0) is 36.2 Å². The molecule has 0 heterocycles. The van der Waals surface area contributed by atoms with E-state index >= 15 is 0 Å². The highest BCUT2D eigenvalue weighted by molar-refractivity contribution is 14.0. The fourth-order valence-electron chi connectivity index (χ4n) is 2.06. The van der Waals surface area contributed by atoms with Crippen LogP contribution in [0.2, 0.25) is 0 Å². The van der Waals surface area contributed by atoms with Gasteiger partial charge in [-0.25, -0.2) is 4.39 Å². The number of ether oxygens (including phenoxy) is 2. The van der Waals surface area contributed by atoms with E-state index in [1.165, 1.54) is 12.1 Å². The Bertz CT molecular complexity index is 678. The van der Waals surface area contributed by atoms with E-state index in [0.717, 1.165) is 11.3 Å². The second kappa shape index (κ2) is 9.96. The molecule has 0 spiro atoms. The molecule has 2 aromatic carbocycles. The van der Waals surface area contributed by atoms with Crippen LogP contribution in [0.5, 0.6) is 11.5 Å². The topological polar surface area (TPSA) is 68.9 Å². The summed E-state index contributed by atoms with van der Waals surface area (Å²) >= 11 is 0. The zero-order valence-corrected chi connectivity index (χ0v) is 15.9. The van der Waals surface area contributed by atoms with Gasteiger partial charge in [0.2, 0.25) is 0 Å². The molecular weight excluding hydrogens is 424 g/mol. The molecule has 0 saturated heterocycles. The van der Waals surface area contributed by atoms with E-state index in [2.05, 4.69) is 10.3 Å². The van der Waals surface area contributed by atoms with E-state index in [-0.39, 0.29) is 29.8 Å². The number of methoxy groups -OCH3 is 2. The van der Waals surface area contributed by atoms with Gasteiger partial charge in [0.05, 0.1) is 14.2 Å². The molecule has 0 bridgehead atoms. The smallest absolute Gasteiger partial charge is 0.193 e. The molecule has 3 N–H and O–H groups in total. The van der Waals surface area contributed by atoms with Gasteiger partial charge in [0, 0.05) is 18.3 Å². The summed E-state index contributed by atoms with van der Waals surface area (Å²) in [4.78, 5) is 4.25. The number of guanidine groups is 1. The molecule has 0 aliphatic carbocycles. The highest BCUT2D eigenvalue weighted by Crippen LogP contribution is 2.29. The van der Waals surface area contributed by atoms with Crippen molar-refractivity contribution in [3.63, 3.8) is 0 Å². The number of nitrogens with one attached hydrogen (secondary N) is 1. The number of nitrogens with two attached hydrogens (primary N) is 1. The third-order valence-corrected chi connectivity index (χ3v) is 3.25. The Morgan fingerprint density at radius 3 is 2.38 bits per heavy atom. The maximum atomic E-state index is 12.8. The van der Waals surface area contributed by atoms with Crippen LogP contribution < -0.4 is 20.5 Å². The molecule has 2 rings (SSSR count). The van der Waals surface area contributed by atoms with E-state index < -0.39 is 0 Å². The lowest BCUT2D eigenvalue weighted by Gasteiger charge is -2.11. The summed E-state index contributed by atoms with van der Waals surface area (Å²) in [5.74, 6) is 1.31. The normalized spacial score (nSPS) is 10.7. The Labute approximate surface area is 158 Å². The quantitative estimate of drug-likeness (QED) is 0.406.